The molecule has 0 aliphatic rings. The molecular weight excluding hydrogens is 376 g/mol. The first-order chi connectivity index (χ1) is 10.2. The summed E-state index contributed by atoms with van der Waals surface area (Å²) in [6, 6.07) is 6.24. The second kappa shape index (κ2) is 8.89. The van der Waals surface area contributed by atoms with E-state index in [9.17, 15) is 4.79 Å². The van der Waals surface area contributed by atoms with Crippen molar-refractivity contribution in [1.29, 1.82) is 0 Å². The summed E-state index contributed by atoms with van der Waals surface area (Å²) >= 11 is 5.39. The molecule has 0 spiro atoms. The number of hydrogen-bond acceptors (Lipinski definition) is 3. The lowest BCUT2D eigenvalue weighted by Gasteiger charge is -2.14. The molecule has 0 fully saturated rings. The molecule has 6 heteroatoms. The van der Waals surface area contributed by atoms with Gasteiger partial charge in [-0.05, 0) is 17.4 Å². The van der Waals surface area contributed by atoms with E-state index in [2.05, 4.69) is 66.0 Å². The molecule has 0 atom stereocenters. The van der Waals surface area contributed by atoms with Crippen molar-refractivity contribution < 1.29 is 4.79 Å². The van der Waals surface area contributed by atoms with Gasteiger partial charge in [0.15, 0.2) is 0 Å². The van der Waals surface area contributed by atoms with E-state index in [1.807, 2.05) is 0 Å². The molecule has 1 amide bonds. The highest BCUT2D eigenvalue weighted by Crippen LogP contribution is 2.23. The number of amides is 1. The van der Waals surface area contributed by atoms with Crippen molar-refractivity contribution in [2.75, 3.05) is 11.9 Å². The fraction of sp³-hybridized carbons (Fsp3) is 0.500. The minimum absolute atomic E-state index is 0.0186. The van der Waals surface area contributed by atoms with Gasteiger partial charge in [0, 0.05) is 29.7 Å². The summed E-state index contributed by atoms with van der Waals surface area (Å²) in [5, 5.41) is 3.93. The van der Waals surface area contributed by atoms with Crippen molar-refractivity contribution in [3.63, 3.8) is 0 Å². The Morgan fingerprint density at radius 1 is 1.36 bits per heavy atom. The Morgan fingerprint density at radius 2 is 2.05 bits per heavy atom. The number of nitrogens with zero attached hydrogens (tertiary/aromatic N) is 1. The van der Waals surface area contributed by atoms with Gasteiger partial charge in [0.2, 0.25) is 5.91 Å². The third kappa shape index (κ3) is 7.11. The van der Waals surface area contributed by atoms with E-state index in [1.165, 1.54) is 6.92 Å². The third-order valence-corrected chi connectivity index (χ3v) is 5.58. The van der Waals surface area contributed by atoms with Crippen molar-refractivity contribution in [1.82, 2.24) is 5.32 Å². The molecule has 122 valence electrons. The average Bonchev–Trinajstić information content (AvgIpc) is 2.41. The topological polar surface area (TPSA) is 41.5 Å². The van der Waals surface area contributed by atoms with E-state index in [0.29, 0.717) is 6.54 Å². The van der Waals surface area contributed by atoms with E-state index in [4.69, 9.17) is 4.99 Å². The first kappa shape index (κ1) is 19.5. The van der Waals surface area contributed by atoms with Crippen molar-refractivity contribution >= 4 is 46.7 Å². The summed E-state index contributed by atoms with van der Waals surface area (Å²) < 4.78 is 1.01. The Morgan fingerprint density at radius 3 is 2.55 bits per heavy atom. The molecule has 0 unspecified atom stereocenters. The average molecular weight is 401 g/mol. The van der Waals surface area contributed by atoms with Crippen molar-refractivity contribution in [3.05, 3.63) is 33.8 Å². The predicted octanol–water partition coefficient (Wildman–Crippen LogP) is 4.46. The van der Waals surface area contributed by atoms with E-state index >= 15 is 0 Å². The van der Waals surface area contributed by atoms with Gasteiger partial charge in [0.05, 0.1) is 13.1 Å². The van der Waals surface area contributed by atoms with Crippen LogP contribution >= 0.6 is 27.7 Å². The first-order valence-electron chi connectivity index (χ1n) is 7.43. The SMILES string of the molecule is CCS/C(=N\C[Si](C)(C)C)c1ccc(CNC(C)=O)c(Br)c1. The van der Waals surface area contributed by atoms with Crippen molar-refractivity contribution in [2.45, 2.75) is 40.0 Å². The highest BCUT2D eigenvalue weighted by Gasteiger charge is 2.14. The number of thioether (sulfide) groups is 1. The molecule has 1 N–H and O–H groups in total. The van der Waals surface area contributed by atoms with E-state index < -0.39 is 8.07 Å². The van der Waals surface area contributed by atoms with Crippen LogP contribution in [0, 0.1) is 0 Å². The third-order valence-electron chi connectivity index (χ3n) is 2.81. The highest BCUT2D eigenvalue weighted by atomic mass is 79.9. The summed E-state index contributed by atoms with van der Waals surface area (Å²) in [6.07, 6.45) is 0.945. The Labute approximate surface area is 147 Å². The minimum Gasteiger partial charge on any atom is -0.352 e. The number of nitrogens with one attached hydrogen (secondary N) is 1. The molecule has 1 aromatic carbocycles. The standard InChI is InChI=1S/C16H25BrN2OSSi/c1-6-21-16(19-11-22(3,4)5)13-7-8-14(15(17)9-13)10-18-12(2)20/h7-9H,6,10-11H2,1-5H3,(H,18,20)/b19-16-. The number of hydrogen-bond donors (Lipinski definition) is 1. The maximum Gasteiger partial charge on any atom is 0.217 e. The van der Waals surface area contributed by atoms with Crippen LogP contribution in [-0.2, 0) is 11.3 Å². The first-order valence-corrected chi connectivity index (χ1v) is 12.9. The predicted molar refractivity (Wildman–Crippen MR) is 105 cm³/mol. The monoisotopic (exact) mass is 400 g/mol. The van der Waals surface area contributed by atoms with Gasteiger partial charge in [-0.1, -0.05) is 54.6 Å². The molecule has 1 rings (SSSR count). The maximum atomic E-state index is 11.0. The van der Waals surface area contributed by atoms with Gasteiger partial charge in [-0.3, -0.25) is 9.79 Å². The number of carbonyl (C=O) groups excluding carboxylic acids is 1. The van der Waals surface area contributed by atoms with Crippen LogP contribution in [0.15, 0.2) is 27.7 Å². The normalized spacial score (nSPS) is 12.4. The van der Waals surface area contributed by atoms with Gasteiger partial charge in [-0.2, -0.15) is 0 Å². The zero-order chi connectivity index (χ0) is 16.8. The number of benzene rings is 1. The quantitative estimate of drug-likeness (QED) is 0.434. The Balaban J connectivity index is 2.96. The van der Waals surface area contributed by atoms with Gasteiger partial charge in [-0.15, -0.1) is 11.8 Å². The molecule has 22 heavy (non-hydrogen) atoms. The molecule has 0 aromatic heterocycles. The molecule has 0 saturated carbocycles. The molecule has 3 nitrogen and oxygen atoms in total. The Kier molecular flexibility index (Phi) is 7.86. The molecular formula is C16H25BrN2OSSi. The summed E-state index contributed by atoms with van der Waals surface area (Å²) in [5.41, 5.74) is 2.22. The lowest BCUT2D eigenvalue weighted by molar-refractivity contribution is -0.119. The Bertz CT molecular complexity index is 556. The summed E-state index contributed by atoms with van der Waals surface area (Å²) in [5.74, 6) is 0.991. The second-order valence-electron chi connectivity index (χ2n) is 6.33. The number of rotatable bonds is 6. The van der Waals surface area contributed by atoms with Crippen molar-refractivity contribution in [3.8, 4) is 0 Å². The zero-order valence-corrected chi connectivity index (χ0v) is 17.4. The lowest BCUT2D eigenvalue weighted by atomic mass is 10.1. The molecule has 0 radical (unpaired) electrons. The number of halogens is 1. The molecule has 0 aliphatic carbocycles. The lowest BCUT2D eigenvalue weighted by Crippen LogP contribution is -2.25. The van der Waals surface area contributed by atoms with Crippen LogP contribution in [0.25, 0.3) is 0 Å². The summed E-state index contributed by atoms with van der Waals surface area (Å²) in [7, 11) is -1.19. The summed E-state index contributed by atoms with van der Waals surface area (Å²) in [4.78, 5) is 15.9. The van der Waals surface area contributed by atoms with Crippen LogP contribution in [0.1, 0.15) is 25.0 Å². The summed E-state index contributed by atoms with van der Waals surface area (Å²) in [6.45, 7) is 11.2. The second-order valence-corrected chi connectivity index (χ2v) is 13.9. The van der Waals surface area contributed by atoms with Gasteiger partial charge < -0.3 is 5.32 Å². The highest BCUT2D eigenvalue weighted by molar-refractivity contribution is 9.10. The maximum absolute atomic E-state index is 11.0. The fourth-order valence-electron chi connectivity index (χ4n) is 1.71. The van der Waals surface area contributed by atoms with Crippen LogP contribution in [0.3, 0.4) is 0 Å². The van der Waals surface area contributed by atoms with Crippen molar-refractivity contribution in [2.24, 2.45) is 4.99 Å². The molecule has 0 heterocycles. The molecule has 0 bridgehead atoms. The minimum atomic E-state index is -1.19. The molecule has 0 aliphatic heterocycles. The van der Waals surface area contributed by atoms with E-state index in [-0.39, 0.29) is 5.91 Å². The van der Waals surface area contributed by atoms with Crippen LogP contribution in [0.2, 0.25) is 19.6 Å². The number of carbonyl (C=O) groups is 1. The number of aliphatic imine (C=N–C) groups is 1. The van der Waals surface area contributed by atoms with Gasteiger partial charge in [0.25, 0.3) is 0 Å². The largest absolute Gasteiger partial charge is 0.352 e. The van der Waals surface area contributed by atoms with Crippen LogP contribution in [0.5, 0.6) is 0 Å². The molecule has 1 aromatic rings. The van der Waals surface area contributed by atoms with Gasteiger partial charge >= 0.3 is 0 Å². The van der Waals surface area contributed by atoms with Crippen LogP contribution in [0.4, 0.5) is 0 Å². The van der Waals surface area contributed by atoms with E-state index in [0.717, 1.165) is 32.6 Å². The van der Waals surface area contributed by atoms with Crippen LogP contribution < -0.4 is 5.32 Å². The zero-order valence-electron chi connectivity index (χ0n) is 14.0. The Hall–Kier alpha value is -0.593. The smallest absolute Gasteiger partial charge is 0.217 e. The van der Waals surface area contributed by atoms with Crippen LogP contribution in [-0.4, -0.2) is 30.9 Å². The van der Waals surface area contributed by atoms with Gasteiger partial charge in [-0.25, -0.2) is 0 Å². The molecule has 0 saturated heterocycles. The van der Waals surface area contributed by atoms with Gasteiger partial charge in [0.1, 0.15) is 0 Å². The fourth-order valence-corrected chi connectivity index (χ4v) is 3.70. The van der Waals surface area contributed by atoms with E-state index in [1.54, 1.807) is 11.8 Å².